The van der Waals surface area contributed by atoms with Crippen LogP contribution in [0.3, 0.4) is 0 Å². The molecule has 1 aromatic rings. The zero-order valence-electron chi connectivity index (χ0n) is 11.0. The average Bonchev–Trinajstić information content (AvgIpc) is 2.60. The minimum Gasteiger partial charge on any atom is -0.309 e. The van der Waals surface area contributed by atoms with E-state index >= 15 is 0 Å². The SMILES string of the molecule is CCCNC(Cc1c(Cl)c(CC)nn1C)C(F)F. The Balaban J connectivity index is 2.83. The molecule has 1 rings (SSSR count). The first-order valence-corrected chi connectivity index (χ1v) is 6.60. The monoisotopic (exact) mass is 279 g/mol. The normalized spacial score (nSPS) is 13.3. The van der Waals surface area contributed by atoms with Crippen molar-refractivity contribution in [2.75, 3.05) is 6.54 Å². The number of rotatable bonds is 7. The Kier molecular flexibility index (Phi) is 6.02. The van der Waals surface area contributed by atoms with Crippen molar-refractivity contribution in [3.05, 3.63) is 16.4 Å². The van der Waals surface area contributed by atoms with Crippen molar-refractivity contribution >= 4 is 11.6 Å². The number of nitrogens with one attached hydrogen (secondary N) is 1. The third kappa shape index (κ3) is 3.65. The summed E-state index contributed by atoms with van der Waals surface area (Å²) in [5.41, 5.74) is 1.43. The van der Waals surface area contributed by atoms with E-state index in [2.05, 4.69) is 10.4 Å². The lowest BCUT2D eigenvalue weighted by molar-refractivity contribution is 0.0974. The summed E-state index contributed by atoms with van der Waals surface area (Å²) in [4.78, 5) is 0. The molecule has 0 amide bonds. The van der Waals surface area contributed by atoms with Crippen LogP contribution >= 0.6 is 11.6 Å². The Morgan fingerprint density at radius 1 is 1.39 bits per heavy atom. The van der Waals surface area contributed by atoms with Crippen molar-refractivity contribution in [1.29, 1.82) is 0 Å². The first kappa shape index (κ1) is 15.4. The molecule has 1 aromatic heterocycles. The maximum absolute atomic E-state index is 12.9. The molecule has 0 aliphatic heterocycles. The molecule has 0 saturated carbocycles. The smallest absolute Gasteiger partial charge is 0.254 e. The van der Waals surface area contributed by atoms with Crippen molar-refractivity contribution < 1.29 is 8.78 Å². The van der Waals surface area contributed by atoms with E-state index in [1.165, 1.54) is 0 Å². The Bertz CT molecular complexity index is 380. The van der Waals surface area contributed by atoms with Gasteiger partial charge in [0, 0.05) is 13.5 Å². The van der Waals surface area contributed by atoms with Crippen molar-refractivity contribution in [3.8, 4) is 0 Å². The molecule has 0 bridgehead atoms. The summed E-state index contributed by atoms with van der Waals surface area (Å²) in [6, 6.07) is -0.873. The molecule has 6 heteroatoms. The molecule has 1 atom stereocenters. The van der Waals surface area contributed by atoms with Gasteiger partial charge in [-0.1, -0.05) is 25.4 Å². The second-order valence-electron chi connectivity index (χ2n) is 4.28. The first-order valence-electron chi connectivity index (χ1n) is 6.22. The van der Waals surface area contributed by atoms with E-state index in [9.17, 15) is 8.78 Å². The van der Waals surface area contributed by atoms with Gasteiger partial charge < -0.3 is 5.32 Å². The van der Waals surface area contributed by atoms with E-state index in [-0.39, 0.29) is 6.42 Å². The number of hydrogen-bond acceptors (Lipinski definition) is 2. The molecular formula is C12H20ClF2N3. The molecule has 18 heavy (non-hydrogen) atoms. The highest BCUT2D eigenvalue weighted by Gasteiger charge is 2.24. The summed E-state index contributed by atoms with van der Waals surface area (Å²) in [7, 11) is 1.74. The van der Waals surface area contributed by atoms with E-state index in [1.807, 2.05) is 13.8 Å². The maximum atomic E-state index is 12.9. The van der Waals surface area contributed by atoms with Crippen LogP contribution in [0.5, 0.6) is 0 Å². The lowest BCUT2D eigenvalue weighted by atomic mass is 10.1. The molecular weight excluding hydrogens is 260 g/mol. The van der Waals surface area contributed by atoms with Gasteiger partial charge in [-0.3, -0.25) is 4.68 Å². The third-order valence-corrected chi connectivity index (χ3v) is 3.31. The van der Waals surface area contributed by atoms with Crippen molar-refractivity contribution in [2.24, 2.45) is 7.05 Å². The van der Waals surface area contributed by atoms with Crippen LogP contribution in [0, 0.1) is 0 Å². The van der Waals surface area contributed by atoms with Gasteiger partial charge in [0.1, 0.15) is 0 Å². The van der Waals surface area contributed by atoms with Crippen LogP contribution in [0.15, 0.2) is 0 Å². The van der Waals surface area contributed by atoms with Gasteiger partial charge in [-0.05, 0) is 19.4 Å². The average molecular weight is 280 g/mol. The molecule has 0 aromatic carbocycles. The predicted molar refractivity (Wildman–Crippen MR) is 69.4 cm³/mol. The lowest BCUT2D eigenvalue weighted by Gasteiger charge is -2.17. The first-order chi connectivity index (χ1) is 8.51. The fourth-order valence-electron chi connectivity index (χ4n) is 1.83. The number of hydrogen-bond donors (Lipinski definition) is 1. The zero-order valence-corrected chi connectivity index (χ0v) is 11.8. The van der Waals surface area contributed by atoms with E-state index in [1.54, 1.807) is 11.7 Å². The Morgan fingerprint density at radius 3 is 2.50 bits per heavy atom. The fraction of sp³-hybridized carbons (Fsp3) is 0.750. The van der Waals surface area contributed by atoms with Crippen molar-refractivity contribution in [1.82, 2.24) is 15.1 Å². The Hall–Kier alpha value is -0.680. The molecule has 0 spiro atoms. The molecule has 0 radical (unpaired) electrons. The second-order valence-corrected chi connectivity index (χ2v) is 4.66. The molecule has 0 aliphatic carbocycles. The summed E-state index contributed by atoms with van der Waals surface area (Å²) in [5, 5.41) is 7.60. The fourth-order valence-corrected chi connectivity index (χ4v) is 2.20. The number of aromatic nitrogens is 2. The van der Waals surface area contributed by atoms with Gasteiger partial charge in [-0.2, -0.15) is 5.10 Å². The Labute approximate surface area is 112 Å². The van der Waals surface area contributed by atoms with Crippen LogP contribution in [0.4, 0.5) is 8.78 Å². The van der Waals surface area contributed by atoms with Crippen LogP contribution in [0.1, 0.15) is 31.7 Å². The highest BCUT2D eigenvalue weighted by atomic mass is 35.5. The molecule has 3 nitrogen and oxygen atoms in total. The maximum Gasteiger partial charge on any atom is 0.254 e. The van der Waals surface area contributed by atoms with Crippen molar-refractivity contribution in [2.45, 2.75) is 45.6 Å². The van der Waals surface area contributed by atoms with E-state index in [0.29, 0.717) is 23.7 Å². The molecule has 1 unspecified atom stereocenters. The van der Waals surface area contributed by atoms with Crippen LogP contribution < -0.4 is 5.32 Å². The quantitative estimate of drug-likeness (QED) is 0.832. The van der Waals surface area contributed by atoms with Gasteiger partial charge in [-0.15, -0.1) is 0 Å². The van der Waals surface area contributed by atoms with Crippen LogP contribution in [0.2, 0.25) is 5.02 Å². The van der Waals surface area contributed by atoms with E-state index < -0.39 is 12.5 Å². The van der Waals surface area contributed by atoms with Gasteiger partial charge in [0.15, 0.2) is 0 Å². The van der Waals surface area contributed by atoms with E-state index in [0.717, 1.165) is 12.1 Å². The summed E-state index contributed by atoms with van der Waals surface area (Å²) < 4.78 is 27.5. The standard InChI is InChI=1S/C12H20ClF2N3/c1-4-6-16-9(12(14)15)7-10-11(13)8(5-2)17-18(10)3/h9,12,16H,4-7H2,1-3H3. The summed E-state index contributed by atoms with van der Waals surface area (Å²) in [6.07, 6.45) is -0.690. The van der Waals surface area contributed by atoms with Gasteiger partial charge in [-0.25, -0.2) is 8.78 Å². The molecule has 1 N–H and O–H groups in total. The van der Waals surface area contributed by atoms with Gasteiger partial charge in [0.05, 0.1) is 22.5 Å². The molecule has 0 fully saturated rings. The second kappa shape index (κ2) is 7.04. The summed E-state index contributed by atoms with van der Waals surface area (Å²) in [6.45, 7) is 4.46. The predicted octanol–water partition coefficient (Wildman–Crippen LogP) is 2.81. The topological polar surface area (TPSA) is 29.9 Å². The van der Waals surface area contributed by atoms with Gasteiger partial charge >= 0.3 is 0 Å². The van der Waals surface area contributed by atoms with Crippen LogP contribution in [0.25, 0.3) is 0 Å². The molecule has 0 aliphatic rings. The number of halogens is 3. The summed E-state index contributed by atoms with van der Waals surface area (Å²) >= 11 is 6.16. The number of alkyl halides is 2. The van der Waals surface area contributed by atoms with E-state index in [4.69, 9.17) is 11.6 Å². The van der Waals surface area contributed by atoms with Gasteiger partial charge in [0.2, 0.25) is 0 Å². The lowest BCUT2D eigenvalue weighted by Crippen LogP contribution is -2.38. The number of aryl methyl sites for hydroxylation is 2. The van der Waals surface area contributed by atoms with Crippen LogP contribution in [-0.4, -0.2) is 28.8 Å². The zero-order chi connectivity index (χ0) is 13.7. The molecule has 104 valence electrons. The third-order valence-electron chi connectivity index (χ3n) is 2.88. The minimum atomic E-state index is -2.41. The highest BCUT2D eigenvalue weighted by molar-refractivity contribution is 6.31. The van der Waals surface area contributed by atoms with Gasteiger partial charge in [0.25, 0.3) is 6.43 Å². The van der Waals surface area contributed by atoms with Crippen LogP contribution in [-0.2, 0) is 19.9 Å². The molecule has 0 saturated heterocycles. The molecule has 1 heterocycles. The summed E-state index contributed by atoms with van der Waals surface area (Å²) in [5.74, 6) is 0. The highest BCUT2D eigenvalue weighted by Crippen LogP contribution is 2.23. The minimum absolute atomic E-state index is 0.194. The number of nitrogens with zero attached hydrogens (tertiary/aromatic N) is 2. The Morgan fingerprint density at radius 2 is 2.06 bits per heavy atom. The van der Waals surface area contributed by atoms with Crippen molar-refractivity contribution in [3.63, 3.8) is 0 Å². The largest absolute Gasteiger partial charge is 0.309 e.